The van der Waals surface area contributed by atoms with E-state index < -0.39 is 8.32 Å². The largest absolute Gasteiger partial charge is 0.542 e. The third-order valence-electron chi connectivity index (χ3n) is 7.53. The molecule has 1 aliphatic heterocycles. The van der Waals surface area contributed by atoms with Gasteiger partial charge in [-0.3, -0.25) is 4.90 Å². The summed E-state index contributed by atoms with van der Waals surface area (Å²) in [5, 5.41) is 0. The monoisotopic (exact) mass is 400 g/mol. The van der Waals surface area contributed by atoms with Crippen LogP contribution in [0, 0.1) is 12.0 Å². The van der Waals surface area contributed by atoms with Gasteiger partial charge in [-0.25, -0.2) is 0 Å². The van der Waals surface area contributed by atoms with E-state index in [4.69, 9.17) is 4.43 Å². The molecule has 1 fully saturated rings. The molecule has 0 saturated carbocycles. The Balaban J connectivity index is 1.85. The number of nitrogens with zero attached hydrogens (tertiary/aromatic N) is 1. The lowest BCUT2D eigenvalue weighted by atomic mass is 9.75. The molecular formula is C25H42NOSi. The number of piperidine rings is 1. The first kappa shape index (κ1) is 21.9. The Morgan fingerprint density at radius 2 is 1.75 bits per heavy atom. The second-order valence-electron chi connectivity index (χ2n) is 10.2. The van der Waals surface area contributed by atoms with E-state index >= 15 is 0 Å². The summed E-state index contributed by atoms with van der Waals surface area (Å²) >= 11 is 0. The van der Waals surface area contributed by atoms with Crippen molar-refractivity contribution in [3.63, 3.8) is 0 Å². The van der Waals surface area contributed by atoms with Crippen molar-refractivity contribution in [1.29, 1.82) is 0 Å². The minimum Gasteiger partial charge on any atom is -0.542 e. The lowest BCUT2D eigenvalue weighted by Gasteiger charge is -2.45. The third-order valence-corrected chi connectivity index (χ3v) is 13.5. The molecule has 1 radical (unpaired) electrons. The normalized spacial score (nSPS) is 23.2. The molecule has 3 heteroatoms. The minimum atomic E-state index is -1.91. The second-order valence-corrected chi connectivity index (χ2v) is 15.5. The summed E-state index contributed by atoms with van der Waals surface area (Å²) in [5.41, 5.74) is 4.76. The summed E-state index contributed by atoms with van der Waals surface area (Å²) in [6.07, 6.45) is 6.40. The second kappa shape index (κ2) is 8.91. The molecule has 0 N–H and O–H groups in total. The lowest BCUT2D eigenvalue weighted by Crippen LogP contribution is -2.51. The van der Waals surface area contributed by atoms with Crippen molar-refractivity contribution in [1.82, 2.24) is 4.90 Å². The molecule has 28 heavy (non-hydrogen) atoms. The van der Waals surface area contributed by atoms with Crippen LogP contribution in [0.15, 0.2) is 12.1 Å². The molecule has 0 bridgehead atoms. The van der Waals surface area contributed by atoms with Crippen LogP contribution in [-0.4, -0.2) is 32.3 Å². The smallest absolute Gasteiger partial charge is 0.258 e. The van der Waals surface area contributed by atoms with Crippen LogP contribution in [-0.2, 0) is 12.8 Å². The van der Waals surface area contributed by atoms with Crippen LogP contribution < -0.4 is 4.43 Å². The molecule has 1 heterocycles. The summed E-state index contributed by atoms with van der Waals surface area (Å²) in [4.78, 5) is 2.76. The highest BCUT2D eigenvalue weighted by atomic mass is 28.4. The number of fused-ring (bicyclic) bond motifs is 2. The molecule has 2 nitrogen and oxygen atoms in total. The van der Waals surface area contributed by atoms with Gasteiger partial charge in [0.05, 0.1) is 0 Å². The molecule has 0 amide bonds. The van der Waals surface area contributed by atoms with E-state index in [1.54, 1.807) is 0 Å². The summed E-state index contributed by atoms with van der Waals surface area (Å²) < 4.78 is 6.92. The quantitative estimate of drug-likeness (QED) is 0.476. The highest BCUT2D eigenvalue weighted by Gasteiger charge is 2.47. The highest BCUT2D eigenvalue weighted by molar-refractivity contribution is 6.78. The van der Waals surface area contributed by atoms with Crippen molar-refractivity contribution < 1.29 is 4.43 Å². The van der Waals surface area contributed by atoms with Crippen LogP contribution in [0.25, 0.3) is 0 Å². The van der Waals surface area contributed by atoms with E-state index in [0.29, 0.717) is 16.6 Å². The van der Waals surface area contributed by atoms with Gasteiger partial charge in [-0.2, -0.15) is 0 Å². The lowest BCUT2D eigenvalue weighted by molar-refractivity contribution is 0.0854. The zero-order valence-corrected chi connectivity index (χ0v) is 20.3. The zero-order chi connectivity index (χ0) is 20.5. The molecule has 0 aromatic heterocycles. The topological polar surface area (TPSA) is 12.5 Å². The van der Waals surface area contributed by atoms with Crippen molar-refractivity contribution >= 4 is 8.32 Å². The molecule has 2 aliphatic rings. The van der Waals surface area contributed by atoms with Gasteiger partial charge in [0.1, 0.15) is 5.75 Å². The average molecular weight is 401 g/mol. The summed E-state index contributed by atoms with van der Waals surface area (Å²) in [6, 6.07) is 9.09. The van der Waals surface area contributed by atoms with Crippen molar-refractivity contribution in [3.8, 4) is 5.75 Å². The van der Waals surface area contributed by atoms with E-state index in [9.17, 15) is 0 Å². The maximum absolute atomic E-state index is 6.92. The average Bonchev–Trinajstić information content (AvgIpc) is 2.64. The Hall–Kier alpha value is -0.803. The van der Waals surface area contributed by atoms with Crippen molar-refractivity contribution in [2.75, 3.05) is 13.1 Å². The number of hydrogen-bond donors (Lipinski definition) is 0. The molecule has 157 valence electrons. The third kappa shape index (κ3) is 4.07. The molecule has 1 aromatic carbocycles. The van der Waals surface area contributed by atoms with E-state index in [1.165, 1.54) is 56.3 Å². The van der Waals surface area contributed by atoms with Crippen LogP contribution in [0.2, 0.25) is 16.6 Å². The van der Waals surface area contributed by atoms with Crippen LogP contribution in [0.5, 0.6) is 5.75 Å². The number of benzene rings is 1. The Bertz CT molecular complexity index is 630. The molecular weight excluding hydrogens is 358 g/mol. The van der Waals surface area contributed by atoms with Gasteiger partial charge in [-0.15, -0.1) is 0 Å². The maximum Gasteiger partial charge on any atom is 0.258 e. The fourth-order valence-corrected chi connectivity index (χ4v) is 11.5. The van der Waals surface area contributed by atoms with Crippen molar-refractivity contribution in [2.24, 2.45) is 5.92 Å². The molecule has 0 unspecified atom stereocenters. The summed E-state index contributed by atoms with van der Waals surface area (Å²) in [6.45, 7) is 19.0. The standard InChI is InChI=1S/C25H42NOSi/c1-8-13-26-14-9-10-22-15-23-16-24(12-11-21(23)17-25(22)26)27-28(18(2)3,19(4)5)20(6)7/h11-12,18-20,22,25H,8-10,13-15,17H2,1-7H3/t22-,25-/m1/s1. The first-order valence-corrected chi connectivity index (χ1v) is 13.9. The molecule has 2 atom stereocenters. The van der Waals surface area contributed by atoms with Gasteiger partial charge in [0.2, 0.25) is 0 Å². The highest BCUT2D eigenvalue weighted by Crippen LogP contribution is 2.43. The fourth-order valence-electron chi connectivity index (χ4n) is 6.32. The van der Waals surface area contributed by atoms with E-state index in [1.807, 2.05) is 0 Å². The van der Waals surface area contributed by atoms with Gasteiger partial charge >= 0.3 is 0 Å². The van der Waals surface area contributed by atoms with Gasteiger partial charge in [0.25, 0.3) is 8.32 Å². The predicted octanol–water partition coefficient (Wildman–Crippen LogP) is 6.63. The van der Waals surface area contributed by atoms with Gasteiger partial charge in [0, 0.05) is 12.1 Å². The molecule has 1 aromatic rings. The van der Waals surface area contributed by atoms with Gasteiger partial charge < -0.3 is 4.43 Å². The van der Waals surface area contributed by atoms with Crippen LogP contribution in [0.3, 0.4) is 0 Å². The maximum atomic E-state index is 6.92. The number of hydrogen-bond acceptors (Lipinski definition) is 2. The molecule has 3 rings (SSSR count). The van der Waals surface area contributed by atoms with E-state index in [0.717, 1.165) is 17.7 Å². The first-order valence-electron chi connectivity index (χ1n) is 11.8. The van der Waals surface area contributed by atoms with Gasteiger partial charge in [0.15, 0.2) is 0 Å². The summed E-state index contributed by atoms with van der Waals surface area (Å²) in [5.74, 6) is 1.82. The zero-order valence-electron chi connectivity index (χ0n) is 19.3. The van der Waals surface area contributed by atoms with Crippen LogP contribution in [0.4, 0.5) is 0 Å². The Morgan fingerprint density at radius 3 is 2.36 bits per heavy atom. The fraction of sp³-hybridized carbons (Fsp3) is 0.760. The number of likely N-dealkylation sites (tertiary alicyclic amines) is 1. The molecule has 1 aliphatic carbocycles. The first-order chi connectivity index (χ1) is 13.3. The van der Waals surface area contributed by atoms with E-state index in [-0.39, 0.29) is 0 Å². The Morgan fingerprint density at radius 1 is 1.07 bits per heavy atom. The van der Waals surface area contributed by atoms with Gasteiger partial charge in [-0.05, 0) is 84.9 Å². The predicted molar refractivity (Wildman–Crippen MR) is 123 cm³/mol. The molecule has 0 spiro atoms. The van der Waals surface area contributed by atoms with Crippen LogP contribution >= 0.6 is 0 Å². The minimum absolute atomic E-state index is 0.599. The van der Waals surface area contributed by atoms with Crippen molar-refractivity contribution in [3.05, 3.63) is 29.3 Å². The Kier molecular flexibility index (Phi) is 6.97. The van der Waals surface area contributed by atoms with Crippen molar-refractivity contribution in [2.45, 2.75) is 103 Å². The van der Waals surface area contributed by atoms with Gasteiger partial charge in [-0.1, -0.05) is 54.5 Å². The van der Waals surface area contributed by atoms with Crippen LogP contribution in [0.1, 0.15) is 78.9 Å². The number of rotatable bonds is 7. The van der Waals surface area contributed by atoms with E-state index in [2.05, 4.69) is 71.6 Å². The Labute approximate surface area is 175 Å². The summed E-state index contributed by atoms with van der Waals surface area (Å²) in [7, 11) is -1.91. The SMILES string of the molecule is CCCN1CCC[C@@H]2Cc3[c]c(O[Si](C(C)C)(C(C)C)C(C)C)ccc3C[C@H]21. The molecule has 1 saturated heterocycles.